The third-order valence-electron chi connectivity index (χ3n) is 3.94. The van der Waals surface area contributed by atoms with Gasteiger partial charge in [0.25, 0.3) is 5.56 Å². The molecule has 28 heavy (non-hydrogen) atoms. The number of carbonyl (C=O) groups is 1. The number of carbonyl (C=O) groups excluding carboxylic acids is 1. The molecule has 0 saturated carbocycles. The molecule has 0 bridgehead atoms. The zero-order valence-corrected chi connectivity index (χ0v) is 16.9. The summed E-state index contributed by atoms with van der Waals surface area (Å²) in [5.41, 5.74) is 1.76. The monoisotopic (exact) mass is 427 g/mol. The smallest absolute Gasteiger partial charge is 0.276 e. The van der Waals surface area contributed by atoms with Gasteiger partial charge < -0.3 is 5.32 Å². The van der Waals surface area contributed by atoms with Crippen LogP contribution in [0.4, 0.5) is 5.69 Å². The van der Waals surface area contributed by atoms with Crippen molar-refractivity contribution in [3.05, 3.63) is 81.4 Å². The predicted octanol–water partition coefficient (Wildman–Crippen LogP) is 4.83. The second-order valence-electron chi connectivity index (χ2n) is 5.82. The van der Waals surface area contributed by atoms with Crippen molar-refractivity contribution in [3.63, 3.8) is 0 Å². The average Bonchev–Trinajstić information content (AvgIpc) is 3.18. The number of halogens is 1. The van der Waals surface area contributed by atoms with Gasteiger partial charge in [-0.05, 0) is 35.7 Å². The van der Waals surface area contributed by atoms with Gasteiger partial charge in [0.2, 0.25) is 5.91 Å². The maximum Gasteiger partial charge on any atom is 0.276 e. The number of nitrogens with zero attached hydrogens (tertiary/aromatic N) is 2. The Hall–Kier alpha value is -2.61. The molecule has 0 radical (unpaired) electrons. The van der Waals surface area contributed by atoms with E-state index < -0.39 is 0 Å². The van der Waals surface area contributed by atoms with E-state index in [0.717, 1.165) is 0 Å². The maximum atomic E-state index is 13.0. The van der Waals surface area contributed by atoms with Crippen LogP contribution in [0.25, 0.3) is 15.9 Å². The second-order valence-corrected chi connectivity index (χ2v) is 8.09. The normalized spacial score (nSPS) is 10.9. The van der Waals surface area contributed by atoms with E-state index in [1.54, 1.807) is 28.8 Å². The van der Waals surface area contributed by atoms with E-state index in [1.807, 2.05) is 41.8 Å². The molecule has 0 aliphatic rings. The molecule has 1 amide bonds. The molecule has 4 rings (SSSR count). The summed E-state index contributed by atoms with van der Waals surface area (Å²) in [6.07, 6.45) is 0. The highest BCUT2D eigenvalue weighted by Crippen LogP contribution is 2.25. The highest BCUT2D eigenvalue weighted by atomic mass is 35.5. The maximum absolute atomic E-state index is 13.0. The summed E-state index contributed by atoms with van der Waals surface area (Å²) in [6.45, 7) is 0. The number of anilines is 1. The van der Waals surface area contributed by atoms with E-state index >= 15 is 0 Å². The molecule has 140 valence electrons. The molecule has 2 heterocycles. The van der Waals surface area contributed by atoms with Gasteiger partial charge in [0.05, 0.1) is 27.7 Å². The zero-order chi connectivity index (χ0) is 19.5. The lowest BCUT2D eigenvalue weighted by Gasteiger charge is -2.12. The van der Waals surface area contributed by atoms with Crippen LogP contribution >= 0.6 is 34.7 Å². The minimum absolute atomic E-state index is 0.0974. The first kappa shape index (κ1) is 18.7. The van der Waals surface area contributed by atoms with E-state index in [4.69, 9.17) is 11.6 Å². The summed E-state index contributed by atoms with van der Waals surface area (Å²) in [4.78, 5) is 30.0. The third-order valence-corrected chi connectivity index (χ3v) is 6.10. The number of aromatic nitrogens is 2. The van der Waals surface area contributed by atoms with Gasteiger partial charge in [-0.3, -0.25) is 14.2 Å². The zero-order valence-electron chi connectivity index (χ0n) is 14.5. The van der Waals surface area contributed by atoms with Gasteiger partial charge in [0.1, 0.15) is 4.70 Å². The number of nitrogens with one attached hydrogen (secondary N) is 1. The van der Waals surface area contributed by atoms with Crippen LogP contribution in [0, 0.1) is 0 Å². The highest BCUT2D eigenvalue weighted by Gasteiger charge is 2.16. The molecule has 0 unspecified atom stereocenters. The van der Waals surface area contributed by atoms with Crippen molar-refractivity contribution in [2.45, 2.75) is 5.16 Å². The molecule has 0 aliphatic carbocycles. The number of hydrogen-bond acceptors (Lipinski definition) is 5. The van der Waals surface area contributed by atoms with Crippen molar-refractivity contribution < 1.29 is 4.79 Å². The van der Waals surface area contributed by atoms with Crippen LogP contribution in [0.15, 0.2) is 76.0 Å². The molecule has 2 aromatic heterocycles. The first-order valence-corrected chi connectivity index (χ1v) is 10.6. The van der Waals surface area contributed by atoms with Crippen LogP contribution in [-0.2, 0) is 4.79 Å². The number of thioether (sulfide) groups is 1. The van der Waals surface area contributed by atoms with Crippen LogP contribution in [0.5, 0.6) is 0 Å². The van der Waals surface area contributed by atoms with Crippen molar-refractivity contribution >= 4 is 56.5 Å². The topological polar surface area (TPSA) is 64.0 Å². The van der Waals surface area contributed by atoms with E-state index in [1.165, 1.54) is 23.1 Å². The van der Waals surface area contributed by atoms with Gasteiger partial charge in [0.15, 0.2) is 5.16 Å². The molecule has 0 atom stereocenters. The predicted molar refractivity (Wildman–Crippen MR) is 116 cm³/mol. The Morgan fingerprint density at radius 3 is 2.64 bits per heavy atom. The number of amides is 1. The van der Waals surface area contributed by atoms with Gasteiger partial charge in [-0.15, -0.1) is 11.3 Å². The fourth-order valence-electron chi connectivity index (χ4n) is 2.67. The lowest BCUT2D eigenvalue weighted by molar-refractivity contribution is -0.113. The van der Waals surface area contributed by atoms with Crippen LogP contribution in [0.1, 0.15) is 0 Å². The summed E-state index contributed by atoms with van der Waals surface area (Å²) in [5, 5.41) is 5.56. The first-order chi connectivity index (χ1) is 13.6. The van der Waals surface area contributed by atoms with Gasteiger partial charge in [0, 0.05) is 0 Å². The Morgan fingerprint density at radius 2 is 1.86 bits per heavy atom. The van der Waals surface area contributed by atoms with Crippen molar-refractivity contribution in [2.24, 2.45) is 0 Å². The summed E-state index contributed by atoms with van der Waals surface area (Å²) in [5.74, 6) is -0.127. The Morgan fingerprint density at radius 1 is 1.11 bits per heavy atom. The minimum atomic E-state index is -0.225. The number of fused-ring (bicyclic) bond motifs is 1. The van der Waals surface area contributed by atoms with Crippen LogP contribution in [0.3, 0.4) is 0 Å². The largest absolute Gasteiger partial charge is 0.324 e. The standard InChI is InChI=1S/C20H14ClN3O2S2/c21-14-8-4-5-9-15(14)22-17(25)12-28-20-23-16-10-11-27-18(16)19(26)24(20)13-6-2-1-3-7-13/h1-11H,12H2,(H,22,25). The molecular weight excluding hydrogens is 414 g/mol. The molecule has 2 aromatic carbocycles. The third kappa shape index (κ3) is 3.82. The molecular formula is C20H14ClN3O2S2. The molecule has 1 N–H and O–H groups in total. The molecule has 0 saturated heterocycles. The summed E-state index contributed by atoms with van der Waals surface area (Å²) >= 11 is 8.66. The minimum Gasteiger partial charge on any atom is -0.324 e. The lowest BCUT2D eigenvalue weighted by Crippen LogP contribution is -2.22. The molecule has 0 spiro atoms. The van der Waals surface area contributed by atoms with Crippen LogP contribution < -0.4 is 10.9 Å². The Bertz CT molecular complexity index is 1210. The van der Waals surface area contributed by atoms with Crippen molar-refractivity contribution in [2.75, 3.05) is 11.1 Å². The highest BCUT2D eigenvalue weighted by molar-refractivity contribution is 7.99. The van der Waals surface area contributed by atoms with Gasteiger partial charge in [-0.25, -0.2) is 4.98 Å². The quantitative estimate of drug-likeness (QED) is 0.366. The SMILES string of the molecule is O=C(CSc1nc2ccsc2c(=O)n1-c1ccccc1)Nc1ccccc1Cl. The van der Waals surface area contributed by atoms with Crippen molar-refractivity contribution in [3.8, 4) is 5.69 Å². The Kier molecular flexibility index (Phi) is 5.47. The molecule has 4 aromatic rings. The number of benzene rings is 2. The number of hydrogen-bond donors (Lipinski definition) is 1. The van der Waals surface area contributed by atoms with Crippen LogP contribution in [0.2, 0.25) is 5.02 Å². The van der Waals surface area contributed by atoms with Crippen LogP contribution in [-0.4, -0.2) is 21.2 Å². The van der Waals surface area contributed by atoms with Crippen molar-refractivity contribution in [1.29, 1.82) is 0 Å². The Labute approximate surface area is 174 Å². The number of rotatable bonds is 5. The summed E-state index contributed by atoms with van der Waals surface area (Å²) in [6, 6.07) is 18.1. The molecule has 0 fully saturated rings. The number of thiophene rings is 1. The van der Waals surface area contributed by atoms with Gasteiger partial charge in [-0.2, -0.15) is 0 Å². The van der Waals surface area contributed by atoms with E-state index in [2.05, 4.69) is 10.3 Å². The van der Waals surface area contributed by atoms with E-state index in [9.17, 15) is 9.59 Å². The molecule has 8 heteroatoms. The lowest BCUT2D eigenvalue weighted by atomic mass is 10.3. The fraction of sp³-hybridized carbons (Fsp3) is 0.0500. The van der Waals surface area contributed by atoms with E-state index in [-0.39, 0.29) is 17.2 Å². The number of para-hydroxylation sites is 2. The average molecular weight is 428 g/mol. The fourth-order valence-corrected chi connectivity index (χ4v) is 4.43. The summed E-state index contributed by atoms with van der Waals surface area (Å²) < 4.78 is 2.14. The first-order valence-electron chi connectivity index (χ1n) is 8.36. The molecule has 0 aliphatic heterocycles. The van der Waals surface area contributed by atoms with Crippen molar-refractivity contribution in [1.82, 2.24) is 9.55 Å². The molecule has 5 nitrogen and oxygen atoms in total. The van der Waals surface area contributed by atoms with E-state index in [0.29, 0.717) is 31.8 Å². The summed E-state index contributed by atoms with van der Waals surface area (Å²) in [7, 11) is 0. The van der Waals surface area contributed by atoms with Gasteiger partial charge in [-0.1, -0.05) is 53.7 Å². The Balaban J connectivity index is 1.64. The second kappa shape index (κ2) is 8.18. The van der Waals surface area contributed by atoms with Gasteiger partial charge >= 0.3 is 0 Å².